The minimum Gasteiger partial charge on any atom is -0.382 e. The van der Waals surface area contributed by atoms with Crippen molar-refractivity contribution < 1.29 is 14.7 Å². The molecule has 2 atom stereocenters. The van der Waals surface area contributed by atoms with Crippen molar-refractivity contribution in [3.8, 4) is 0 Å². The second-order valence-corrected chi connectivity index (χ2v) is 8.62. The summed E-state index contributed by atoms with van der Waals surface area (Å²) in [4.78, 5) is 32.1. The molecule has 1 saturated heterocycles. The zero-order chi connectivity index (χ0) is 24.8. The van der Waals surface area contributed by atoms with Crippen molar-refractivity contribution >= 4 is 17.6 Å². The monoisotopic (exact) mass is 471 g/mol. The maximum absolute atomic E-state index is 13.5. The van der Waals surface area contributed by atoms with Gasteiger partial charge in [0.2, 0.25) is 5.91 Å². The summed E-state index contributed by atoms with van der Waals surface area (Å²) in [6.07, 6.45) is 1.46. The van der Waals surface area contributed by atoms with Gasteiger partial charge in [0.05, 0.1) is 0 Å². The van der Waals surface area contributed by atoms with Gasteiger partial charge in [0.25, 0.3) is 5.91 Å². The molecule has 1 fully saturated rings. The van der Waals surface area contributed by atoms with Crippen LogP contribution in [-0.2, 0) is 16.1 Å². The number of aliphatic hydroxyl groups excluding tert-OH is 1. The van der Waals surface area contributed by atoms with E-state index in [0.717, 1.165) is 16.7 Å². The van der Waals surface area contributed by atoms with E-state index in [1.54, 1.807) is 18.3 Å². The van der Waals surface area contributed by atoms with Gasteiger partial charge in [-0.3, -0.25) is 20.0 Å². The molecule has 0 bridgehead atoms. The standard InChI is InChI=1S/C27H29N5O3/c28-25(29)21-14-13-18(16-30-21)17-31-26(34)22-12-7-15-32(22)27(35)24(33)23(19-8-3-1-4-9-19)20-10-5-2-6-11-20/h1-6,8-11,13-14,16,22-24,33H,7,12,15,17H2,(H3,28,29)(H,31,34). The van der Waals surface area contributed by atoms with Crippen molar-refractivity contribution in [2.45, 2.75) is 37.5 Å². The Balaban J connectivity index is 1.47. The molecule has 1 aliphatic rings. The number of pyridine rings is 1. The molecule has 35 heavy (non-hydrogen) atoms. The van der Waals surface area contributed by atoms with Crippen LogP contribution in [0.1, 0.15) is 41.1 Å². The van der Waals surface area contributed by atoms with Crippen LogP contribution in [0.5, 0.6) is 0 Å². The number of benzene rings is 2. The van der Waals surface area contributed by atoms with Gasteiger partial charge in [0.15, 0.2) is 0 Å². The summed E-state index contributed by atoms with van der Waals surface area (Å²) >= 11 is 0. The van der Waals surface area contributed by atoms with Gasteiger partial charge in [-0.1, -0.05) is 66.7 Å². The molecule has 8 nitrogen and oxygen atoms in total. The molecule has 0 saturated carbocycles. The van der Waals surface area contributed by atoms with Crippen molar-refractivity contribution in [2.75, 3.05) is 6.54 Å². The van der Waals surface area contributed by atoms with E-state index >= 15 is 0 Å². The molecule has 8 heteroatoms. The summed E-state index contributed by atoms with van der Waals surface area (Å²) in [5.41, 5.74) is 8.22. The average molecular weight is 472 g/mol. The van der Waals surface area contributed by atoms with Crippen LogP contribution in [0.2, 0.25) is 0 Å². The molecule has 4 rings (SSSR count). The number of amidine groups is 1. The number of hydrogen-bond acceptors (Lipinski definition) is 5. The predicted molar refractivity (Wildman–Crippen MR) is 133 cm³/mol. The topological polar surface area (TPSA) is 132 Å². The first-order valence-electron chi connectivity index (χ1n) is 11.6. The lowest BCUT2D eigenvalue weighted by molar-refractivity contribution is -0.145. The Morgan fingerprint density at radius 3 is 2.23 bits per heavy atom. The summed E-state index contributed by atoms with van der Waals surface area (Å²) < 4.78 is 0. The van der Waals surface area contributed by atoms with E-state index < -0.39 is 24.0 Å². The number of aliphatic hydroxyl groups is 1. The zero-order valence-electron chi connectivity index (χ0n) is 19.3. The van der Waals surface area contributed by atoms with Crippen LogP contribution in [0.4, 0.5) is 0 Å². The Morgan fingerprint density at radius 2 is 1.69 bits per heavy atom. The number of carbonyl (C=O) groups excluding carboxylic acids is 2. The Bertz CT molecular complexity index is 1130. The second-order valence-electron chi connectivity index (χ2n) is 8.62. The van der Waals surface area contributed by atoms with E-state index in [4.69, 9.17) is 11.1 Å². The van der Waals surface area contributed by atoms with Gasteiger partial charge in [-0.15, -0.1) is 0 Å². The summed E-state index contributed by atoms with van der Waals surface area (Å²) in [7, 11) is 0. The van der Waals surface area contributed by atoms with Gasteiger partial charge in [-0.25, -0.2) is 0 Å². The first-order chi connectivity index (χ1) is 17.0. The van der Waals surface area contributed by atoms with Crippen LogP contribution in [0, 0.1) is 5.41 Å². The number of aromatic nitrogens is 1. The lowest BCUT2D eigenvalue weighted by atomic mass is 9.86. The predicted octanol–water partition coefficient (Wildman–Crippen LogP) is 2.17. The molecule has 5 N–H and O–H groups in total. The Kier molecular flexibility index (Phi) is 7.52. The zero-order valence-corrected chi connectivity index (χ0v) is 19.3. The van der Waals surface area contributed by atoms with E-state index in [9.17, 15) is 14.7 Å². The molecular formula is C27H29N5O3. The van der Waals surface area contributed by atoms with Gasteiger partial charge in [0.1, 0.15) is 23.7 Å². The molecule has 3 aromatic rings. The molecule has 0 aliphatic carbocycles. The van der Waals surface area contributed by atoms with Crippen molar-refractivity contribution in [2.24, 2.45) is 5.73 Å². The van der Waals surface area contributed by atoms with Gasteiger partial charge in [-0.05, 0) is 35.6 Å². The van der Waals surface area contributed by atoms with Crippen LogP contribution in [0.15, 0.2) is 79.0 Å². The fraction of sp³-hybridized carbons (Fsp3) is 0.259. The Morgan fingerprint density at radius 1 is 1.06 bits per heavy atom. The van der Waals surface area contributed by atoms with Crippen molar-refractivity contribution in [1.29, 1.82) is 5.41 Å². The average Bonchev–Trinajstić information content (AvgIpc) is 3.38. The van der Waals surface area contributed by atoms with E-state index in [-0.39, 0.29) is 18.3 Å². The summed E-state index contributed by atoms with van der Waals surface area (Å²) in [5.74, 6) is -1.38. The van der Waals surface area contributed by atoms with E-state index in [2.05, 4.69) is 10.3 Å². The highest BCUT2D eigenvalue weighted by Crippen LogP contribution is 2.30. The molecule has 0 spiro atoms. The minimum atomic E-state index is -1.32. The molecule has 2 heterocycles. The molecule has 180 valence electrons. The third-order valence-corrected chi connectivity index (χ3v) is 6.29. The third kappa shape index (κ3) is 5.55. The molecule has 2 unspecified atom stereocenters. The quantitative estimate of drug-likeness (QED) is 0.295. The van der Waals surface area contributed by atoms with E-state index in [1.165, 1.54) is 4.90 Å². The van der Waals surface area contributed by atoms with Gasteiger partial charge < -0.3 is 21.1 Å². The first-order valence-corrected chi connectivity index (χ1v) is 11.6. The fourth-order valence-electron chi connectivity index (χ4n) is 4.49. The van der Waals surface area contributed by atoms with Crippen LogP contribution in [0.25, 0.3) is 0 Å². The fourth-order valence-corrected chi connectivity index (χ4v) is 4.49. The maximum Gasteiger partial charge on any atom is 0.253 e. The number of hydrogen-bond donors (Lipinski definition) is 4. The number of amides is 2. The van der Waals surface area contributed by atoms with E-state index in [0.29, 0.717) is 25.1 Å². The minimum absolute atomic E-state index is 0.122. The first kappa shape index (κ1) is 24.1. The second kappa shape index (κ2) is 10.9. The van der Waals surface area contributed by atoms with Gasteiger partial charge in [-0.2, -0.15) is 0 Å². The molecular weight excluding hydrogens is 442 g/mol. The van der Waals surface area contributed by atoms with Crippen LogP contribution in [0.3, 0.4) is 0 Å². The molecule has 2 aromatic carbocycles. The van der Waals surface area contributed by atoms with Gasteiger partial charge in [0, 0.05) is 25.2 Å². The number of nitrogens with two attached hydrogens (primary N) is 1. The van der Waals surface area contributed by atoms with Crippen molar-refractivity contribution in [3.05, 3.63) is 101 Å². The number of nitrogen functional groups attached to an aromatic ring is 1. The molecule has 1 aliphatic heterocycles. The lowest BCUT2D eigenvalue weighted by Crippen LogP contribution is -2.50. The molecule has 0 radical (unpaired) electrons. The largest absolute Gasteiger partial charge is 0.382 e. The number of rotatable bonds is 8. The van der Waals surface area contributed by atoms with Crippen molar-refractivity contribution in [1.82, 2.24) is 15.2 Å². The van der Waals surface area contributed by atoms with Gasteiger partial charge >= 0.3 is 0 Å². The number of likely N-dealkylation sites (tertiary alicyclic amines) is 1. The van der Waals surface area contributed by atoms with Crippen LogP contribution < -0.4 is 11.1 Å². The van der Waals surface area contributed by atoms with Crippen molar-refractivity contribution in [3.63, 3.8) is 0 Å². The van der Waals surface area contributed by atoms with Crippen LogP contribution >= 0.6 is 0 Å². The summed E-state index contributed by atoms with van der Waals surface area (Å²) in [5, 5.41) is 21.5. The molecule has 2 amide bonds. The summed E-state index contributed by atoms with van der Waals surface area (Å²) in [6, 6.07) is 21.6. The number of carbonyl (C=O) groups is 2. The van der Waals surface area contributed by atoms with E-state index in [1.807, 2.05) is 60.7 Å². The number of nitrogens with one attached hydrogen (secondary N) is 2. The highest BCUT2D eigenvalue weighted by atomic mass is 16.3. The molecule has 1 aromatic heterocycles. The third-order valence-electron chi connectivity index (χ3n) is 6.29. The highest BCUT2D eigenvalue weighted by molar-refractivity contribution is 5.93. The smallest absolute Gasteiger partial charge is 0.253 e. The lowest BCUT2D eigenvalue weighted by Gasteiger charge is -2.30. The number of nitrogens with zero attached hydrogens (tertiary/aromatic N) is 2. The van der Waals surface area contributed by atoms with Crippen LogP contribution in [-0.4, -0.2) is 51.3 Å². The highest BCUT2D eigenvalue weighted by Gasteiger charge is 2.39. The maximum atomic E-state index is 13.5. The Labute approximate surface area is 204 Å². The summed E-state index contributed by atoms with van der Waals surface area (Å²) in [6.45, 7) is 0.654. The Hall–Kier alpha value is -4.04. The normalized spacial score (nSPS) is 16.2. The SMILES string of the molecule is N=C(N)c1ccc(CNC(=O)C2CCCN2C(=O)C(O)C(c2ccccc2)c2ccccc2)cn1.